The Morgan fingerprint density at radius 1 is 1.12 bits per heavy atom. The zero-order chi connectivity index (χ0) is 22.9. The maximum Gasteiger partial charge on any atom is 0.265 e. The van der Waals surface area contributed by atoms with Crippen LogP contribution in [-0.4, -0.2) is 61.7 Å². The summed E-state index contributed by atoms with van der Waals surface area (Å²) in [5.74, 6) is -0.0592. The zero-order valence-electron chi connectivity index (χ0n) is 18.9. The highest BCUT2D eigenvalue weighted by Crippen LogP contribution is 2.36. The van der Waals surface area contributed by atoms with E-state index in [2.05, 4.69) is 5.32 Å². The number of hydrogen-bond acceptors (Lipinski definition) is 5. The number of likely N-dealkylation sites (tertiary alicyclic amines) is 1. The Hall–Kier alpha value is -2.13. The SMILES string of the molecule is CC[C@@H]1Oc2cc(S(=O)(=O)N3CCC[C@H](C(=O)N4CCCCCC4)C3)c(C)cc2NC1=O. The topological polar surface area (TPSA) is 96.0 Å². The van der Waals surface area contributed by atoms with Crippen molar-refractivity contribution >= 4 is 27.5 Å². The normalized spacial score (nSPS) is 24.8. The molecule has 2 atom stereocenters. The van der Waals surface area contributed by atoms with Crippen LogP contribution in [-0.2, 0) is 19.6 Å². The van der Waals surface area contributed by atoms with Crippen molar-refractivity contribution in [2.45, 2.75) is 69.8 Å². The number of anilines is 1. The minimum Gasteiger partial charge on any atom is -0.478 e. The molecule has 0 spiro atoms. The molecule has 32 heavy (non-hydrogen) atoms. The molecule has 2 saturated heterocycles. The van der Waals surface area contributed by atoms with E-state index in [-0.39, 0.29) is 29.2 Å². The molecular formula is C23H33N3O5S. The highest BCUT2D eigenvalue weighted by Gasteiger charge is 2.37. The number of nitrogens with zero attached hydrogens (tertiary/aromatic N) is 2. The molecule has 0 radical (unpaired) electrons. The molecule has 1 aromatic rings. The Bertz CT molecular complexity index is 986. The van der Waals surface area contributed by atoms with Crippen LogP contribution in [0.1, 0.15) is 57.4 Å². The smallest absolute Gasteiger partial charge is 0.265 e. The largest absolute Gasteiger partial charge is 0.478 e. The molecule has 3 aliphatic rings. The van der Waals surface area contributed by atoms with Gasteiger partial charge in [-0.3, -0.25) is 9.59 Å². The first-order chi connectivity index (χ1) is 15.3. The van der Waals surface area contributed by atoms with Gasteiger partial charge in [0.15, 0.2) is 6.10 Å². The number of carbonyl (C=O) groups is 2. The van der Waals surface area contributed by atoms with Crippen LogP contribution in [0.2, 0.25) is 0 Å². The summed E-state index contributed by atoms with van der Waals surface area (Å²) in [5.41, 5.74) is 1.03. The van der Waals surface area contributed by atoms with Gasteiger partial charge in [-0.2, -0.15) is 4.31 Å². The lowest BCUT2D eigenvalue weighted by atomic mass is 9.98. The van der Waals surface area contributed by atoms with Crippen LogP contribution in [0.4, 0.5) is 5.69 Å². The molecule has 0 aliphatic carbocycles. The van der Waals surface area contributed by atoms with Gasteiger partial charge in [-0.1, -0.05) is 19.8 Å². The van der Waals surface area contributed by atoms with Gasteiger partial charge in [-0.25, -0.2) is 8.42 Å². The van der Waals surface area contributed by atoms with Crippen molar-refractivity contribution in [1.82, 2.24) is 9.21 Å². The number of fused-ring (bicyclic) bond motifs is 1. The van der Waals surface area contributed by atoms with E-state index in [9.17, 15) is 18.0 Å². The standard InChI is InChI=1S/C23H33N3O5S/c1-3-19-22(27)24-18-13-16(2)21(14-20(18)31-19)32(29,30)26-12-8-9-17(15-26)23(28)25-10-6-4-5-7-11-25/h13-14,17,19H,3-12,15H2,1-2H3,(H,24,27)/t17-,19-/m0/s1. The van der Waals surface area contributed by atoms with Gasteiger partial charge in [0.1, 0.15) is 5.75 Å². The summed E-state index contributed by atoms with van der Waals surface area (Å²) in [5, 5.41) is 2.80. The monoisotopic (exact) mass is 463 g/mol. The average molecular weight is 464 g/mol. The van der Waals surface area contributed by atoms with E-state index in [1.165, 1.54) is 10.4 Å². The molecule has 1 aromatic carbocycles. The number of carbonyl (C=O) groups excluding carboxylic acids is 2. The lowest BCUT2D eigenvalue weighted by molar-refractivity contribution is -0.136. The Kier molecular flexibility index (Phi) is 6.76. The third kappa shape index (κ3) is 4.50. The molecule has 176 valence electrons. The van der Waals surface area contributed by atoms with Crippen molar-refractivity contribution in [3.05, 3.63) is 17.7 Å². The van der Waals surface area contributed by atoms with Gasteiger partial charge >= 0.3 is 0 Å². The third-order valence-electron chi connectivity index (χ3n) is 6.74. The van der Waals surface area contributed by atoms with Crippen LogP contribution >= 0.6 is 0 Å². The van der Waals surface area contributed by atoms with Gasteiger partial charge in [0, 0.05) is 32.2 Å². The highest BCUT2D eigenvalue weighted by atomic mass is 32.2. The number of aryl methyl sites for hydroxylation is 1. The number of rotatable bonds is 4. The highest BCUT2D eigenvalue weighted by molar-refractivity contribution is 7.89. The molecule has 4 rings (SSSR count). The van der Waals surface area contributed by atoms with Crippen LogP contribution in [0, 0.1) is 12.8 Å². The van der Waals surface area contributed by atoms with Crippen molar-refractivity contribution in [3.8, 4) is 5.75 Å². The zero-order valence-corrected chi connectivity index (χ0v) is 19.7. The maximum atomic E-state index is 13.6. The first-order valence-electron chi connectivity index (χ1n) is 11.7. The summed E-state index contributed by atoms with van der Waals surface area (Å²) in [6, 6.07) is 3.16. The summed E-state index contributed by atoms with van der Waals surface area (Å²) in [6.07, 6.45) is 5.57. The van der Waals surface area contributed by atoms with Crippen molar-refractivity contribution in [2.24, 2.45) is 5.92 Å². The first kappa shape index (κ1) is 23.0. The molecule has 3 heterocycles. The Labute approximate surface area is 190 Å². The second-order valence-corrected chi connectivity index (χ2v) is 11.0. The Morgan fingerprint density at radius 3 is 2.53 bits per heavy atom. The van der Waals surface area contributed by atoms with Crippen LogP contribution in [0.5, 0.6) is 5.75 Å². The van der Waals surface area contributed by atoms with E-state index in [0.29, 0.717) is 36.4 Å². The molecule has 2 fully saturated rings. The van der Waals surface area contributed by atoms with Crippen LogP contribution < -0.4 is 10.1 Å². The van der Waals surface area contributed by atoms with Crippen LogP contribution in [0.25, 0.3) is 0 Å². The van der Waals surface area contributed by atoms with E-state index >= 15 is 0 Å². The van der Waals surface area contributed by atoms with Gasteiger partial charge in [0.2, 0.25) is 15.9 Å². The van der Waals surface area contributed by atoms with E-state index in [0.717, 1.165) is 45.2 Å². The van der Waals surface area contributed by atoms with Gasteiger partial charge in [-0.15, -0.1) is 0 Å². The fraction of sp³-hybridized carbons (Fsp3) is 0.652. The predicted octanol–water partition coefficient (Wildman–Crippen LogP) is 2.91. The Balaban J connectivity index is 1.55. The second kappa shape index (κ2) is 9.39. The molecule has 0 saturated carbocycles. The van der Waals surface area contributed by atoms with Crippen LogP contribution in [0.15, 0.2) is 17.0 Å². The number of piperidine rings is 1. The quantitative estimate of drug-likeness (QED) is 0.741. The molecule has 0 aromatic heterocycles. The number of amides is 2. The lowest BCUT2D eigenvalue weighted by Gasteiger charge is -2.34. The van der Waals surface area contributed by atoms with Crippen molar-refractivity contribution < 1.29 is 22.7 Å². The maximum absolute atomic E-state index is 13.6. The molecule has 0 unspecified atom stereocenters. The third-order valence-corrected chi connectivity index (χ3v) is 8.74. The van der Waals surface area contributed by atoms with Gasteiger partial charge < -0.3 is 15.0 Å². The van der Waals surface area contributed by atoms with Crippen molar-refractivity contribution in [1.29, 1.82) is 0 Å². The minimum absolute atomic E-state index is 0.0887. The van der Waals surface area contributed by atoms with Gasteiger partial charge in [0.05, 0.1) is 16.5 Å². The van der Waals surface area contributed by atoms with E-state index in [1.54, 1.807) is 13.0 Å². The van der Waals surface area contributed by atoms with Crippen molar-refractivity contribution in [2.75, 3.05) is 31.5 Å². The van der Waals surface area contributed by atoms with Crippen molar-refractivity contribution in [3.63, 3.8) is 0 Å². The molecule has 9 heteroatoms. The molecule has 8 nitrogen and oxygen atoms in total. The van der Waals surface area contributed by atoms with E-state index < -0.39 is 16.1 Å². The summed E-state index contributed by atoms with van der Waals surface area (Å²) >= 11 is 0. The van der Waals surface area contributed by atoms with E-state index in [4.69, 9.17) is 4.74 Å². The summed E-state index contributed by atoms with van der Waals surface area (Å²) in [4.78, 5) is 27.3. The second-order valence-electron chi connectivity index (χ2n) is 9.06. The summed E-state index contributed by atoms with van der Waals surface area (Å²) in [7, 11) is -3.80. The fourth-order valence-electron chi connectivity index (χ4n) is 4.88. The Morgan fingerprint density at radius 2 is 1.84 bits per heavy atom. The first-order valence-corrected chi connectivity index (χ1v) is 13.2. The number of nitrogens with one attached hydrogen (secondary N) is 1. The molecule has 1 N–H and O–H groups in total. The molecule has 2 amide bonds. The molecule has 0 bridgehead atoms. The fourth-order valence-corrected chi connectivity index (χ4v) is 6.63. The summed E-state index contributed by atoms with van der Waals surface area (Å²) in [6.45, 7) is 5.72. The van der Waals surface area contributed by atoms with Crippen LogP contribution in [0.3, 0.4) is 0 Å². The van der Waals surface area contributed by atoms with Gasteiger partial charge in [-0.05, 0) is 50.7 Å². The predicted molar refractivity (Wildman–Crippen MR) is 121 cm³/mol. The van der Waals surface area contributed by atoms with Gasteiger partial charge in [0.25, 0.3) is 5.91 Å². The number of benzene rings is 1. The lowest BCUT2D eigenvalue weighted by Crippen LogP contribution is -2.47. The van der Waals surface area contributed by atoms with E-state index in [1.807, 2.05) is 11.8 Å². The number of sulfonamides is 1. The summed E-state index contributed by atoms with van der Waals surface area (Å²) < 4.78 is 34.3. The molecular weight excluding hydrogens is 430 g/mol. The number of ether oxygens (including phenoxy) is 1. The molecule has 3 aliphatic heterocycles. The number of hydrogen-bond donors (Lipinski definition) is 1. The minimum atomic E-state index is -3.80. The average Bonchev–Trinajstić information content (AvgIpc) is 3.07.